The van der Waals surface area contributed by atoms with E-state index in [1.165, 1.54) is 36.0 Å². The standard InChI is InChI=1S/C16H25N/c1-11-7-5-8-13(12(11)2)15(17)14-9-6-10-16(14,3)4/h5,7-8,14-15H,6,9-10,17H2,1-4H3. The first-order valence-corrected chi connectivity index (χ1v) is 6.75. The first-order chi connectivity index (χ1) is 7.93. The molecule has 0 heterocycles. The van der Waals surface area contributed by atoms with Crippen LogP contribution in [0.4, 0.5) is 0 Å². The fourth-order valence-electron chi connectivity index (χ4n) is 3.37. The van der Waals surface area contributed by atoms with Crippen LogP contribution in [0.25, 0.3) is 0 Å². The van der Waals surface area contributed by atoms with Crippen molar-refractivity contribution in [2.24, 2.45) is 17.1 Å². The summed E-state index contributed by atoms with van der Waals surface area (Å²) in [5, 5.41) is 0. The van der Waals surface area contributed by atoms with Crippen LogP contribution in [0.3, 0.4) is 0 Å². The zero-order chi connectivity index (χ0) is 12.6. The van der Waals surface area contributed by atoms with Crippen LogP contribution in [-0.2, 0) is 0 Å². The molecule has 0 spiro atoms. The second-order valence-corrected chi connectivity index (χ2v) is 6.30. The predicted octanol–water partition coefficient (Wildman–Crippen LogP) is 4.13. The molecule has 1 heteroatoms. The highest BCUT2D eigenvalue weighted by atomic mass is 14.7. The molecule has 0 bridgehead atoms. The van der Waals surface area contributed by atoms with Crippen molar-refractivity contribution in [2.75, 3.05) is 0 Å². The van der Waals surface area contributed by atoms with Crippen LogP contribution in [0.1, 0.15) is 55.8 Å². The van der Waals surface area contributed by atoms with Gasteiger partial charge in [-0.15, -0.1) is 0 Å². The molecule has 2 N–H and O–H groups in total. The maximum absolute atomic E-state index is 6.55. The lowest BCUT2D eigenvalue weighted by Gasteiger charge is -2.33. The molecule has 1 aliphatic carbocycles. The van der Waals surface area contributed by atoms with Crippen LogP contribution >= 0.6 is 0 Å². The molecule has 17 heavy (non-hydrogen) atoms. The van der Waals surface area contributed by atoms with Crippen LogP contribution < -0.4 is 5.73 Å². The van der Waals surface area contributed by atoms with Crippen LogP contribution in [0, 0.1) is 25.2 Å². The van der Waals surface area contributed by atoms with Gasteiger partial charge in [0.2, 0.25) is 0 Å². The molecule has 0 aliphatic heterocycles. The summed E-state index contributed by atoms with van der Waals surface area (Å²) in [6.07, 6.45) is 3.92. The number of hydrogen-bond donors (Lipinski definition) is 1. The molecule has 2 unspecified atom stereocenters. The third kappa shape index (κ3) is 2.26. The number of nitrogens with two attached hydrogens (primary N) is 1. The van der Waals surface area contributed by atoms with Gasteiger partial charge in [0.05, 0.1) is 0 Å². The lowest BCUT2D eigenvalue weighted by molar-refractivity contribution is 0.222. The van der Waals surface area contributed by atoms with Crippen LogP contribution in [0.15, 0.2) is 18.2 Å². The molecular formula is C16H25N. The monoisotopic (exact) mass is 231 g/mol. The summed E-state index contributed by atoms with van der Waals surface area (Å²) in [6, 6.07) is 6.72. The lowest BCUT2D eigenvalue weighted by Crippen LogP contribution is -2.30. The topological polar surface area (TPSA) is 26.0 Å². The predicted molar refractivity (Wildman–Crippen MR) is 74.0 cm³/mol. The Hall–Kier alpha value is -0.820. The largest absolute Gasteiger partial charge is 0.324 e. The Labute approximate surface area is 105 Å². The van der Waals surface area contributed by atoms with E-state index in [0.717, 1.165) is 0 Å². The van der Waals surface area contributed by atoms with Gasteiger partial charge in [0.1, 0.15) is 0 Å². The smallest absolute Gasteiger partial charge is 0.0331 e. The van der Waals surface area contributed by atoms with Crippen molar-refractivity contribution in [3.63, 3.8) is 0 Å². The van der Waals surface area contributed by atoms with E-state index in [4.69, 9.17) is 5.73 Å². The number of benzene rings is 1. The van der Waals surface area contributed by atoms with E-state index in [-0.39, 0.29) is 6.04 Å². The Bertz CT molecular complexity index is 406. The van der Waals surface area contributed by atoms with Crippen molar-refractivity contribution < 1.29 is 0 Å². The SMILES string of the molecule is Cc1cccc(C(N)C2CCCC2(C)C)c1C. The van der Waals surface area contributed by atoms with Gasteiger partial charge in [-0.2, -0.15) is 0 Å². The van der Waals surface area contributed by atoms with E-state index in [1.807, 2.05) is 0 Å². The van der Waals surface area contributed by atoms with E-state index in [9.17, 15) is 0 Å². The van der Waals surface area contributed by atoms with Crippen molar-refractivity contribution in [1.82, 2.24) is 0 Å². The molecule has 1 fully saturated rings. The summed E-state index contributed by atoms with van der Waals surface area (Å²) in [7, 11) is 0. The molecule has 1 aromatic carbocycles. The molecular weight excluding hydrogens is 206 g/mol. The summed E-state index contributed by atoms with van der Waals surface area (Å²) < 4.78 is 0. The molecule has 0 radical (unpaired) electrons. The van der Waals surface area contributed by atoms with Crippen molar-refractivity contribution in [1.29, 1.82) is 0 Å². The fraction of sp³-hybridized carbons (Fsp3) is 0.625. The van der Waals surface area contributed by atoms with Crippen LogP contribution in [0.2, 0.25) is 0 Å². The van der Waals surface area contributed by atoms with Gasteiger partial charge < -0.3 is 5.73 Å². The summed E-state index contributed by atoms with van der Waals surface area (Å²) >= 11 is 0. The Morgan fingerprint density at radius 3 is 2.59 bits per heavy atom. The first kappa shape index (κ1) is 12.6. The lowest BCUT2D eigenvalue weighted by atomic mass is 9.75. The minimum absolute atomic E-state index is 0.201. The Morgan fingerprint density at radius 2 is 2.00 bits per heavy atom. The van der Waals surface area contributed by atoms with E-state index in [0.29, 0.717) is 11.3 Å². The van der Waals surface area contributed by atoms with Crippen molar-refractivity contribution in [2.45, 2.75) is 53.0 Å². The van der Waals surface area contributed by atoms with Crippen molar-refractivity contribution in [3.05, 3.63) is 34.9 Å². The Balaban J connectivity index is 2.31. The quantitative estimate of drug-likeness (QED) is 0.813. The van der Waals surface area contributed by atoms with E-state index in [2.05, 4.69) is 45.9 Å². The van der Waals surface area contributed by atoms with Gasteiger partial charge in [0.25, 0.3) is 0 Å². The summed E-state index contributed by atoms with van der Waals surface area (Å²) in [4.78, 5) is 0. The van der Waals surface area contributed by atoms with Crippen molar-refractivity contribution >= 4 is 0 Å². The number of aryl methyl sites for hydroxylation is 1. The normalized spacial score (nSPS) is 24.9. The van der Waals surface area contributed by atoms with Gasteiger partial charge in [0, 0.05) is 6.04 Å². The average molecular weight is 231 g/mol. The maximum Gasteiger partial charge on any atom is 0.0331 e. The highest BCUT2D eigenvalue weighted by Gasteiger charge is 2.38. The van der Waals surface area contributed by atoms with Gasteiger partial charge in [-0.1, -0.05) is 38.5 Å². The summed E-state index contributed by atoms with van der Waals surface area (Å²) in [6.45, 7) is 9.11. The van der Waals surface area contributed by atoms with Gasteiger partial charge >= 0.3 is 0 Å². The minimum atomic E-state index is 0.201. The Kier molecular flexibility index (Phi) is 3.31. The number of hydrogen-bond acceptors (Lipinski definition) is 1. The first-order valence-electron chi connectivity index (χ1n) is 6.75. The maximum atomic E-state index is 6.55. The van der Waals surface area contributed by atoms with Gasteiger partial charge in [-0.25, -0.2) is 0 Å². The van der Waals surface area contributed by atoms with E-state index >= 15 is 0 Å². The fourth-order valence-corrected chi connectivity index (χ4v) is 3.37. The third-order valence-corrected chi connectivity index (χ3v) is 4.78. The molecule has 1 aromatic rings. The molecule has 2 rings (SSSR count). The highest BCUT2D eigenvalue weighted by molar-refractivity contribution is 5.35. The van der Waals surface area contributed by atoms with Gasteiger partial charge in [-0.3, -0.25) is 0 Å². The van der Waals surface area contributed by atoms with E-state index < -0.39 is 0 Å². The van der Waals surface area contributed by atoms with Crippen molar-refractivity contribution in [3.8, 4) is 0 Å². The average Bonchev–Trinajstić information content (AvgIpc) is 2.61. The second kappa shape index (κ2) is 4.45. The molecule has 94 valence electrons. The summed E-state index contributed by atoms with van der Waals surface area (Å²) in [5.41, 5.74) is 11.0. The molecule has 0 saturated heterocycles. The van der Waals surface area contributed by atoms with Gasteiger partial charge in [0.15, 0.2) is 0 Å². The molecule has 1 nitrogen and oxygen atoms in total. The zero-order valence-corrected chi connectivity index (χ0v) is 11.6. The minimum Gasteiger partial charge on any atom is -0.324 e. The Morgan fingerprint density at radius 1 is 1.29 bits per heavy atom. The number of rotatable bonds is 2. The molecule has 1 aliphatic rings. The summed E-state index contributed by atoms with van der Waals surface area (Å²) in [5.74, 6) is 0.628. The highest BCUT2D eigenvalue weighted by Crippen LogP contribution is 2.48. The second-order valence-electron chi connectivity index (χ2n) is 6.30. The van der Waals surface area contributed by atoms with E-state index in [1.54, 1.807) is 0 Å². The van der Waals surface area contributed by atoms with Gasteiger partial charge in [-0.05, 0) is 54.7 Å². The zero-order valence-electron chi connectivity index (χ0n) is 11.6. The molecule has 1 saturated carbocycles. The van der Waals surface area contributed by atoms with Crippen LogP contribution in [-0.4, -0.2) is 0 Å². The molecule has 0 aromatic heterocycles. The molecule has 0 amide bonds. The molecule has 2 atom stereocenters. The van der Waals surface area contributed by atoms with Crippen LogP contribution in [0.5, 0.6) is 0 Å². The third-order valence-electron chi connectivity index (χ3n) is 4.78.